The van der Waals surface area contributed by atoms with Gasteiger partial charge in [0, 0.05) is 24.7 Å². The van der Waals surface area contributed by atoms with E-state index in [2.05, 4.69) is 15.3 Å². The van der Waals surface area contributed by atoms with Gasteiger partial charge in [-0.15, -0.1) is 0 Å². The lowest BCUT2D eigenvalue weighted by molar-refractivity contribution is -0.380. The van der Waals surface area contributed by atoms with E-state index in [0.29, 0.717) is 40.7 Å². The molecule has 0 aliphatic heterocycles. The van der Waals surface area contributed by atoms with Crippen LogP contribution >= 0.6 is 11.3 Å². The molecule has 0 aliphatic rings. The van der Waals surface area contributed by atoms with E-state index in [1.807, 2.05) is 49.3 Å². The summed E-state index contributed by atoms with van der Waals surface area (Å²) in [7, 11) is 3.84. The number of carbonyl (C=O) groups is 1. The van der Waals surface area contributed by atoms with Crippen LogP contribution < -0.4 is 5.32 Å². The molecule has 0 fully saturated rings. The van der Waals surface area contributed by atoms with Crippen molar-refractivity contribution < 1.29 is 9.72 Å². The first-order chi connectivity index (χ1) is 13.9. The quantitative estimate of drug-likeness (QED) is 0.472. The molecule has 1 aromatic carbocycles. The smallest absolute Gasteiger partial charge is 0.324 e. The molecule has 0 radical (unpaired) electrons. The average molecular weight is 411 g/mol. The normalized spacial score (nSPS) is 10.9. The van der Waals surface area contributed by atoms with Crippen molar-refractivity contribution in [3.8, 4) is 22.0 Å². The van der Waals surface area contributed by atoms with Crippen molar-refractivity contribution in [3.63, 3.8) is 0 Å². The predicted molar refractivity (Wildman–Crippen MR) is 113 cm³/mol. The molecule has 3 aromatic rings. The Morgan fingerprint density at radius 3 is 2.52 bits per heavy atom. The lowest BCUT2D eigenvalue weighted by Crippen LogP contribution is -2.32. The summed E-state index contributed by atoms with van der Waals surface area (Å²) in [6, 6.07) is 12.5. The van der Waals surface area contributed by atoms with Crippen molar-refractivity contribution in [2.24, 2.45) is 0 Å². The molecule has 0 aliphatic carbocycles. The molecular formula is C20H21N5O3S. The Labute approximate surface area is 172 Å². The van der Waals surface area contributed by atoms with Gasteiger partial charge in [0.2, 0.25) is 0 Å². The standard InChI is InChI=1S/C20H21N5O3S/c1-13-17(20(26)21-11-12-24(2)3)18(15-9-10-16(29-15)25(27)28)23-19(22-13)14-7-5-4-6-8-14/h4-10H,11-12H2,1-3H3,(H,21,26). The molecule has 29 heavy (non-hydrogen) atoms. The van der Waals surface area contributed by atoms with Crippen LogP contribution in [0.2, 0.25) is 0 Å². The Hall–Kier alpha value is -3.17. The Morgan fingerprint density at radius 2 is 1.90 bits per heavy atom. The Bertz CT molecular complexity index is 1030. The van der Waals surface area contributed by atoms with E-state index in [4.69, 9.17) is 0 Å². The van der Waals surface area contributed by atoms with Crippen LogP contribution in [0.15, 0.2) is 42.5 Å². The highest BCUT2D eigenvalue weighted by atomic mass is 32.1. The van der Waals surface area contributed by atoms with Gasteiger partial charge in [0.1, 0.15) is 0 Å². The second-order valence-corrected chi connectivity index (χ2v) is 7.74. The molecule has 0 bridgehead atoms. The van der Waals surface area contributed by atoms with E-state index in [1.165, 1.54) is 6.07 Å². The van der Waals surface area contributed by atoms with Gasteiger partial charge in [0.25, 0.3) is 5.91 Å². The fraction of sp³-hybridized carbons (Fsp3) is 0.250. The topological polar surface area (TPSA) is 101 Å². The van der Waals surface area contributed by atoms with Gasteiger partial charge in [0.05, 0.1) is 26.8 Å². The molecule has 1 amide bonds. The number of nitrogens with one attached hydrogen (secondary N) is 1. The summed E-state index contributed by atoms with van der Waals surface area (Å²) < 4.78 is 0. The number of nitrogens with zero attached hydrogens (tertiary/aromatic N) is 4. The van der Waals surface area contributed by atoms with Gasteiger partial charge < -0.3 is 10.2 Å². The van der Waals surface area contributed by atoms with Gasteiger partial charge in [-0.3, -0.25) is 14.9 Å². The molecule has 2 aromatic heterocycles. The number of benzene rings is 1. The fourth-order valence-electron chi connectivity index (χ4n) is 2.77. The van der Waals surface area contributed by atoms with Crippen LogP contribution in [0.3, 0.4) is 0 Å². The largest absolute Gasteiger partial charge is 0.351 e. The van der Waals surface area contributed by atoms with Gasteiger partial charge in [-0.25, -0.2) is 9.97 Å². The SMILES string of the molecule is Cc1nc(-c2ccccc2)nc(-c2ccc([N+](=O)[O-])s2)c1C(=O)NCCN(C)C. The number of aryl methyl sites for hydroxylation is 1. The number of rotatable bonds is 7. The average Bonchev–Trinajstić information content (AvgIpc) is 3.18. The number of carbonyl (C=O) groups excluding carboxylic acids is 1. The first-order valence-electron chi connectivity index (χ1n) is 8.98. The Balaban J connectivity index is 2.08. The molecular weight excluding hydrogens is 390 g/mol. The van der Waals surface area contributed by atoms with Crippen molar-refractivity contribution >= 4 is 22.2 Å². The number of amides is 1. The van der Waals surface area contributed by atoms with E-state index in [-0.39, 0.29) is 10.9 Å². The van der Waals surface area contributed by atoms with Crippen LogP contribution in [-0.4, -0.2) is 52.9 Å². The Kier molecular flexibility index (Phi) is 6.30. The van der Waals surface area contributed by atoms with Crippen LogP contribution in [0.25, 0.3) is 22.0 Å². The molecule has 2 heterocycles. The highest BCUT2D eigenvalue weighted by Gasteiger charge is 2.23. The van der Waals surface area contributed by atoms with Crippen LogP contribution in [0.5, 0.6) is 0 Å². The van der Waals surface area contributed by atoms with Crippen molar-refractivity contribution in [1.29, 1.82) is 0 Å². The van der Waals surface area contributed by atoms with Crippen LogP contribution in [0.1, 0.15) is 16.1 Å². The minimum absolute atomic E-state index is 0.00325. The lowest BCUT2D eigenvalue weighted by Gasteiger charge is -2.14. The van der Waals surface area contributed by atoms with E-state index in [1.54, 1.807) is 13.0 Å². The summed E-state index contributed by atoms with van der Waals surface area (Å²) >= 11 is 0.989. The second-order valence-electron chi connectivity index (χ2n) is 6.68. The molecule has 1 N–H and O–H groups in total. The third-order valence-electron chi connectivity index (χ3n) is 4.20. The third-order valence-corrected chi connectivity index (χ3v) is 5.24. The van der Waals surface area contributed by atoms with Crippen LogP contribution in [-0.2, 0) is 0 Å². The zero-order chi connectivity index (χ0) is 21.0. The molecule has 8 nitrogen and oxygen atoms in total. The van der Waals surface area contributed by atoms with Gasteiger partial charge >= 0.3 is 5.00 Å². The van der Waals surface area contributed by atoms with Crippen molar-refractivity contribution in [1.82, 2.24) is 20.2 Å². The lowest BCUT2D eigenvalue weighted by atomic mass is 10.1. The number of nitro groups is 1. The zero-order valence-electron chi connectivity index (χ0n) is 16.4. The molecule has 0 saturated carbocycles. The summed E-state index contributed by atoms with van der Waals surface area (Å²) in [4.78, 5) is 35.2. The molecule has 0 saturated heterocycles. The van der Waals surface area contributed by atoms with Gasteiger partial charge in [0.15, 0.2) is 5.82 Å². The minimum atomic E-state index is -0.447. The van der Waals surface area contributed by atoms with E-state index in [9.17, 15) is 14.9 Å². The minimum Gasteiger partial charge on any atom is -0.351 e. The number of hydrogen-bond donors (Lipinski definition) is 1. The highest BCUT2D eigenvalue weighted by Crippen LogP contribution is 2.35. The van der Waals surface area contributed by atoms with Crippen molar-refractivity contribution in [2.45, 2.75) is 6.92 Å². The van der Waals surface area contributed by atoms with Crippen LogP contribution in [0.4, 0.5) is 5.00 Å². The summed E-state index contributed by atoms with van der Waals surface area (Å²) in [6.07, 6.45) is 0. The van der Waals surface area contributed by atoms with E-state index in [0.717, 1.165) is 16.9 Å². The summed E-state index contributed by atoms with van der Waals surface area (Å²) in [5.74, 6) is 0.175. The molecule has 0 unspecified atom stereocenters. The van der Waals surface area contributed by atoms with Gasteiger partial charge in [-0.05, 0) is 27.1 Å². The van der Waals surface area contributed by atoms with Crippen molar-refractivity contribution in [3.05, 3.63) is 63.8 Å². The molecule has 3 rings (SSSR count). The second kappa shape index (κ2) is 8.89. The third kappa shape index (κ3) is 4.82. The monoisotopic (exact) mass is 411 g/mol. The van der Waals surface area contributed by atoms with Gasteiger partial charge in [-0.2, -0.15) is 0 Å². The summed E-state index contributed by atoms with van der Waals surface area (Å²) in [5, 5.41) is 14.0. The first-order valence-corrected chi connectivity index (χ1v) is 9.80. The zero-order valence-corrected chi connectivity index (χ0v) is 17.2. The maximum atomic E-state index is 12.9. The maximum Gasteiger partial charge on any atom is 0.324 e. The maximum absolute atomic E-state index is 12.9. The van der Waals surface area contributed by atoms with Gasteiger partial charge in [-0.1, -0.05) is 41.7 Å². The molecule has 0 atom stereocenters. The first kappa shape index (κ1) is 20.6. The Morgan fingerprint density at radius 1 is 1.17 bits per heavy atom. The van der Waals surface area contributed by atoms with E-state index < -0.39 is 4.92 Å². The van der Waals surface area contributed by atoms with E-state index >= 15 is 0 Å². The highest BCUT2D eigenvalue weighted by molar-refractivity contribution is 7.18. The van der Waals surface area contributed by atoms with Crippen LogP contribution in [0, 0.1) is 17.0 Å². The molecule has 0 spiro atoms. The number of hydrogen-bond acceptors (Lipinski definition) is 7. The predicted octanol–water partition coefficient (Wildman–Crippen LogP) is 3.38. The summed E-state index contributed by atoms with van der Waals surface area (Å²) in [5.41, 5.74) is 2.06. The fourth-order valence-corrected chi connectivity index (χ4v) is 3.59. The molecule has 9 heteroatoms. The number of thiophene rings is 1. The van der Waals surface area contributed by atoms with Crippen molar-refractivity contribution in [2.75, 3.05) is 27.2 Å². The summed E-state index contributed by atoms with van der Waals surface area (Å²) in [6.45, 7) is 2.91. The number of likely N-dealkylation sites (N-methyl/N-ethyl adjacent to an activating group) is 1. The molecule has 150 valence electrons. The number of aromatic nitrogens is 2.